The predicted octanol–water partition coefficient (Wildman–Crippen LogP) is 2.24. The summed E-state index contributed by atoms with van der Waals surface area (Å²) in [7, 11) is 1.75. The molecule has 11 heavy (non-hydrogen) atoms. The standard InChI is InChI=1S/C9H14N2/c1-5-6-9(11-4)7-8(2)10-3/h5,7H,1,4,6H2,2-3H3/b9-7-,10-8?. The van der Waals surface area contributed by atoms with E-state index in [2.05, 4.69) is 23.3 Å². The highest BCUT2D eigenvalue weighted by Crippen LogP contribution is 2.02. The first kappa shape index (κ1) is 9.82. The average Bonchev–Trinajstić information content (AvgIpc) is 2.03. The van der Waals surface area contributed by atoms with Gasteiger partial charge in [-0.05, 0) is 19.7 Å². The molecule has 0 amide bonds. The Kier molecular flexibility index (Phi) is 4.99. The predicted molar refractivity (Wildman–Crippen MR) is 51.5 cm³/mol. The Labute approximate surface area is 68.1 Å². The van der Waals surface area contributed by atoms with Gasteiger partial charge in [-0.25, -0.2) is 0 Å². The molecular weight excluding hydrogens is 136 g/mol. The van der Waals surface area contributed by atoms with Gasteiger partial charge < -0.3 is 0 Å². The monoisotopic (exact) mass is 150 g/mol. The van der Waals surface area contributed by atoms with Crippen LogP contribution in [-0.4, -0.2) is 19.5 Å². The first-order valence-electron chi connectivity index (χ1n) is 3.46. The van der Waals surface area contributed by atoms with Crippen LogP contribution in [0.25, 0.3) is 0 Å². The Morgan fingerprint density at radius 3 is 2.55 bits per heavy atom. The Balaban J connectivity index is 4.33. The van der Waals surface area contributed by atoms with Crippen LogP contribution in [0, 0.1) is 0 Å². The van der Waals surface area contributed by atoms with Crippen molar-refractivity contribution in [2.24, 2.45) is 9.98 Å². The van der Waals surface area contributed by atoms with Crippen LogP contribution in [0.4, 0.5) is 0 Å². The van der Waals surface area contributed by atoms with Crippen LogP contribution in [0.15, 0.2) is 34.4 Å². The number of allylic oxidation sites excluding steroid dienone is 2. The lowest BCUT2D eigenvalue weighted by Crippen LogP contribution is -1.86. The molecule has 0 saturated carbocycles. The molecule has 0 aliphatic carbocycles. The summed E-state index contributed by atoms with van der Waals surface area (Å²) in [6.45, 7) is 8.98. The summed E-state index contributed by atoms with van der Waals surface area (Å²) in [6, 6.07) is 0. The molecule has 0 aliphatic rings. The van der Waals surface area contributed by atoms with Crippen LogP contribution in [0.2, 0.25) is 0 Å². The first-order valence-corrected chi connectivity index (χ1v) is 3.46. The fourth-order valence-corrected chi connectivity index (χ4v) is 0.623. The number of hydrogen-bond donors (Lipinski definition) is 0. The second-order valence-electron chi connectivity index (χ2n) is 2.15. The van der Waals surface area contributed by atoms with Gasteiger partial charge in [0.2, 0.25) is 0 Å². The third kappa shape index (κ3) is 4.25. The summed E-state index contributed by atoms with van der Waals surface area (Å²) < 4.78 is 0. The Morgan fingerprint density at radius 1 is 1.55 bits per heavy atom. The van der Waals surface area contributed by atoms with E-state index in [-0.39, 0.29) is 0 Å². The van der Waals surface area contributed by atoms with E-state index in [1.807, 2.05) is 13.0 Å². The Bertz CT molecular complexity index is 200. The minimum absolute atomic E-state index is 0.746. The van der Waals surface area contributed by atoms with Crippen molar-refractivity contribution in [3.05, 3.63) is 24.4 Å². The normalized spacial score (nSPS) is 12.9. The van der Waals surface area contributed by atoms with Crippen LogP contribution in [0.3, 0.4) is 0 Å². The second-order valence-corrected chi connectivity index (χ2v) is 2.15. The molecule has 0 radical (unpaired) electrons. The lowest BCUT2D eigenvalue weighted by molar-refractivity contribution is 1.18. The van der Waals surface area contributed by atoms with E-state index in [1.54, 1.807) is 13.1 Å². The molecule has 0 aromatic rings. The summed E-state index contributed by atoms with van der Waals surface area (Å²) in [5.41, 5.74) is 1.86. The summed E-state index contributed by atoms with van der Waals surface area (Å²) in [5.74, 6) is 0. The first-order chi connectivity index (χ1) is 5.24. The lowest BCUT2D eigenvalue weighted by Gasteiger charge is -1.94. The zero-order valence-corrected chi connectivity index (χ0v) is 7.17. The lowest BCUT2D eigenvalue weighted by atomic mass is 10.2. The highest BCUT2D eigenvalue weighted by Gasteiger charge is 1.89. The zero-order valence-electron chi connectivity index (χ0n) is 7.17. The Hall–Kier alpha value is -1.18. The van der Waals surface area contributed by atoms with Gasteiger partial charge in [0.05, 0.1) is 0 Å². The maximum absolute atomic E-state index is 3.98. The third-order valence-electron chi connectivity index (χ3n) is 1.28. The van der Waals surface area contributed by atoms with Crippen LogP contribution in [0.5, 0.6) is 0 Å². The maximum atomic E-state index is 3.98. The van der Waals surface area contributed by atoms with Gasteiger partial charge in [0, 0.05) is 24.9 Å². The van der Waals surface area contributed by atoms with Crippen molar-refractivity contribution < 1.29 is 0 Å². The van der Waals surface area contributed by atoms with Crippen molar-refractivity contribution in [2.45, 2.75) is 13.3 Å². The maximum Gasteiger partial charge on any atom is 0.0451 e. The van der Waals surface area contributed by atoms with Crippen LogP contribution >= 0.6 is 0 Å². The highest BCUT2D eigenvalue weighted by molar-refractivity contribution is 5.93. The smallest absolute Gasteiger partial charge is 0.0451 e. The number of aliphatic imine (C=N–C) groups is 2. The molecule has 0 atom stereocenters. The molecule has 2 nitrogen and oxygen atoms in total. The summed E-state index contributed by atoms with van der Waals surface area (Å²) in [5, 5.41) is 0. The van der Waals surface area contributed by atoms with Crippen molar-refractivity contribution in [1.82, 2.24) is 0 Å². The van der Waals surface area contributed by atoms with Gasteiger partial charge in [-0.1, -0.05) is 6.08 Å². The molecule has 0 unspecified atom stereocenters. The average molecular weight is 150 g/mol. The van der Waals surface area contributed by atoms with Crippen molar-refractivity contribution in [3.8, 4) is 0 Å². The van der Waals surface area contributed by atoms with Crippen LogP contribution in [0.1, 0.15) is 13.3 Å². The number of nitrogens with zero attached hydrogens (tertiary/aromatic N) is 2. The molecule has 2 heteroatoms. The summed E-state index contributed by atoms with van der Waals surface area (Å²) in [4.78, 5) is 7.80. The summed E-state index contributed by atoms with van der Waals surface area (Å²) in [6.07, 6.45) is 4.44. The molecule has 0 bridgehead atoms. The zero-order chi connectivity index (χ0) is 8.69. The van der Waals surface area contributed by atoms with Gasteiger partial charge in [-0.3, -0.25) is 9.98 Å². The van der Waals surface area contributed by atoms with Crippen LogP contribution < -0.4 is 0 Å². The molecule has 0 N–H and O–H groups in total. The third-order valence-corrected chi connectivity index (χ3v) is 1.28. The number of rotatable bonds is 4. The molecule has 0 saturated heterocycles. The second kappa shape index (κ2) is 5.59. The molecule has 60 valence electrons. The largest absolute Gasteiger partial charge is 0.293 e. The topological polar surface area (TPSA) is 24.7 Å². The molecule has 0 aliphatic heterocycles. The van der Waals surface area contributed by atoms with E-state index in [4.69, 9.17) is 0 Å². The van der Waals surface area contributed by atoms with Crippen molar-refractivity contribution in [3.63, 3.8) is 0 Å². The van der Waals surface area contributed by atoms with Gasteiger partial charge in [0.25, 0.3) is 0 Å². The van der Waals surface area contributed by atoms with E-state index in [0.717, 1.165) is 17.8 Å². The van der Waals surface area contributed by atoms with E-state index < -0.39 is 0 Å². The quantitative estimate of drug-likeness (QED) is 0.433. The van der Waals surface area contributed by atoms with Crippen molar-refractivity contribution in [1.29, 1.82) is 0 Å². The minimum atomic E-state index is 0.746. The van der Waals surface area contributed by atoms with Crippen molar-refractivity contribution in [2.75, 3.05) is 7.05 Å². The van der Waals surface area contributed by atoms with E-state index in [9.17, 15) is 0 Å². The molecule has 0 aromatic heterocycles. The fourth-order valence-electron chi connectivity index (χ4n) is 0.623. The summed E-state index contributed by atoms with van der Waals surface area (Å²) >= 11 is 0. The van der Waals surface area contributed by atoms with E-state index in [1.165, 1.54) is 0 Å². The van der Waals surface area contributed by atoms with Gasteiger partial charge in [0.1, 0.15) is 0 Å². The van der Waals surface area contributed by atoms with E-state index >= 15 is 0 Å². The van der Waals surface area contributed by atoms with E-state index in [0.29, 0.717) is 0 Å². The highest BCUT2D eigenvalue weighted by atomic mass is 14.7. The molecule has 0 heterocycles. The fraction of sp³-hybridized carbons (Fsp3) is 0.333. The molecule has 0 rings (SSSR count). The van der Waals surface area contributed by atoms with Crippen LogP contribution in [-0.2, 0) is 0 Å². The molecule has 0 spiro atoms. The minimum Gasteiger partial charge on any atom is -0.293 e. The van der Waals surface area contributed by atoms with Gasteiger partial charge >= 0.3 is 0 Å². The van der Waals surface area contributed by atoms with Gasteiger partial charge in [-0.2, -0.15) is 0 Å². The van der Waals surface area contributed by atoms with Gasteiger partial charge in [0.15, 0.2) is 0 Å². The van der Waals surface area contributed by atoms with Crippen molar-refractivity contribution >= 4 is 12.4 Å². The molecular formula is C9H14N2. The van der Waals surface area contributed by atoms with Gasteiger partial charge in [-0.15, -0.1) is 6.58 Å². The number of hydrogen-bond acceptors (Lipinski definition) is 2. The Morgan fingerprint density at radius 2 is 2.18 bits per heavy atom. The SMILES string of the molecule is C=CC/C(=C/C(C)=NC)N=C. The molecule has 0 fully saturated rings. The molecule has 0 aromatic carbocycles.